The molecule has 0 saturated carbocycles. The Hall–Kier alpha value is -3.84. The van der Waals surface area contributed by atoms with Gasteiger partial charge in [0, 0.05) is 6.54 Å². The fourth-order valence-corrected chi connectivity index (χ4v) is 4.39. The topological polar surface area (TPSA) is 87.1 Å². The number of allylic oxidation sites excluding steroid dienone is 1. The number of methoxy groups -OCH3 is 1. The summed E-state index contributed by atoms with van der Waals surface area (Å²) in [5, 5.41) is 21.1. The molecule has 3 aromatic rings. The second-order valence-electron chi connectivity index (χ2n) is 7.75. The van der Waals surface area contributed by atoms with Gasteiger partial charge in [0.1, 0.15) is 0 Å². The van der Waals surface area contributed by atoms with Crippen molar-refractivity contribution in [3.8, 4) is 11.5 Å². The SMILES string of the molecule is COc1cc(C2C(C(=O)/C=C/c3ccccc3)=C(O)C(=O)N2Cc2ccccc2)cc(Br)c1O. The molecule has 1 amide bonds. The number of phenols is 1. The van der Waals surface area contributed by atoms with Crippen LogP contribution in [0.25, 0.3) is 6.08 Å². The summed E-state index contributed by atoms with van der Waals surface area (Å²) in [4.78, 5) is 27.9. The molecule has 0 bridgehead atoms. The lowest BCUT2D eigenvalue weighted by Gasteiger charge is -2.27. The summed E-state index contributed by atoms with van der Waals surface area (Å²) in [5.41, 5.74) is 2.12. The summed E-state index contributed by atoms with van der Waals surface area (Å²) in [6, 6.07) is 20.9. The monoisotopic (exact) mass is 519 g/mol. The van der Waals surface area contributed by atoms with E-state index in [0.717, 1.165) is 11.1 Å². The van der Waals surface area contributed by atoms with Crippen molar-refractivity contribution >= 4 is 33.7 Å². The number of phenolic OH excluding ortho intramolecular Hbond substituents is 1. The van der Waals surface area contributed by atoms with Crippen LogP contribution in [0.2, 0.25) is 0 Å². The third-order valence-electron chi connectivity index (χ3n) is 5.58. The predicted molar refractivity (Wildman–Crippen MR) is 132 cm³/mol. The van der Waals surface area contributed by atoms with Crippen molar-refractivity contribution in [2.45, 2.75) is 12.6 Å². The molecule has 172 valence electrons. The molecule has 4 rings (SSSR count). The van der Waals surface area contributed by atoms with E-state index in [0.29, 0.717) is 10.0 Å². The van der Waals surface area contributed by atoms with Gasteiger partial charge in [-0.1, -0.05) is 66.7 Å². The number of benzene rings is 3. The fourth-order valence-electron chi connectivity index (χ4n) is 3.93. The lowest BCUT2D eigenvalue weighted by molar-refractivity contribution is -0.130. The van der Waals surface area contributed by atoms with Crippen molar-refractivity contribution in [2.24, 2.45) is 0 Å². The Bertz CT molecular complexity index is 1290. The Morgan fingerprint density at radius 3 is 2.35 bits per heavy atom. The first-order valence-corrected chi connectivity index (χ1v) is 11.3. The second kappa shape index (κ2) is 9.97. The van der Waals surface area contributed by atoms with E-state index in [1.54, 1.807) is 18.2 Å². The van der Waals surface area contributed by atoms with Crippen LogP contribution in [-0.2, 0) is 16.1 Å². The van der Waals surface area contributed by atoms with Gasteiger partial charge in [-0.3, -0.25) is 9.59 Å². The molecular formula is C27H22BrNO5. The molecule has 0 aliphatic carbocycles. The number of aliphatic hydroxyl groups excluding tert-OH is 1. The highest BCUT2D eigenvalue weighted by atomic mass is 79.9. The van der Waals surface area contributed by atoms with E-state index in [1.165, 1.54) is 18.1 Å². The molecule has 0 saturated heterocycles. The molecule has 1 atom stereocenters. The molecule has 0 radical (unpaired) electrons. The predicted octanol–water partition coefficient (Wildman–Crippen LogP) is 5.34. The summed E-state index contributed by atoms with van der Waals surface area (Å²) < 4.78 is 5.61. The minimum absolute atomic E-state index is 0.0345. The number of ketones is 1. The van der Waals surface area contributed by atoms with Crippen LogP contribution in [0, 0.1) is 0 Å². The standard InChI is InChI=1S/C27H22BrNO5/c1-34-22-15-19(14-20(28)25(22)31)24-23(21(30)13-12-17-8-4-2-5-9-17)26(32)27(33)29(24)16-18-10-6-3-7-11-18/h2-15,24,31-32H,16H2,1H3/b13-12+. The first-order chi connectivity index (χ1) is 16.4. The maximum absolute atomic E-state index is 13.3. The van der Waals surface area contributed by atoms with Gasteiger partial charge in [0.25, 0.3) is 5.91 Å². The number of rotatable bonds is 7. The maximum Gasteiger partial charge on any atom is 0.290 e. The van der Waals surface area contributed by atoms with E-state index in [9.17, 15) is 19.8 Å². The molecule has 0 spiro atoms. The highest BCUT2D eigenvalue weighted by Crippen LogP contribution is 2.44. The van der Waals surface area contributed by atoms with E-state index >= 15 is 0 Å². The van der Waals surface area contributed by atoms with Gasteiger partial charge in [-0.2, -0.15) is 0 Å². The van der Waals surface area contributed by atoms with Gasteiger partial charge in [-0.25, -0.2) is 0 Å². The van der Waals surface area contributed by atoms with Gasteiger partial charge in [0.05, 0.1) is 23.2 Å². The van der Waals surface area contributed by atoms with E-state index in [4.69, 9.17) is 4.74 Å². The molecule has 3 aromatic carbocycles. The van der Waals surface area contributed by atoms with Crippen LogP contribution in [-0.4, -0.2) is 33.9 Å². The normalized spacial score (nSPS) is 15.9. The van der Waals surface area contributed by atoms with Crippen LogP contribution in [0.15, 0.2) is 94.7 Å². The Kier molecular flexibility index (Phi) is 6.84. The van der Waals surface area contributed by atoms with Crippen LogP contribution in [0.1, 0.15) is 22.7 Å². The molecular weight excluding hydrogens is 498 g/mol. The minimum Gasteiger partial charge on any atom is -0.503 e. The molecule has 1 aliphatic heterocycles. The van der Waals surface area contributed by atoms with Crippen LogP contribution in [0.4, 0.5) is 0 Å². The summed E-state index contributed by atoms with van der Waals surface area (Å²) >= 11 is 3.31. The molecule has 6 nitrogen and oxygen atoms in total. The minimum atomic E-state index is -0.883. The number of ether oxygens (including phenoxy) is 1. The van der Waals surface area contributed by atoms with Crippen molar-refractivity contribution in [1.82, 2.24) is 4.90 Å². The van der Waals surface area contributed by atoms with Crippen LogP contribution in [0.3, 0.4) is 0 Å². The molecule has 0 aromatic heterocycles. The third kappa shape index (κ3) is 4.61. The number of hydrogen-bond donors (Lipinski definition) is 2. The Balaban J connectivity index is 1.79. The Morgan fingerprint density at radius 2 is 1.71 bits per heavy atom. The number of hydrogen-bond acceptors (Lipinski definition) is 5. The average Bonchev–Trinajstić information content (AvgIpc) is 3.10. The van der Waals surface area contributed by atoms with Gasteiger partial charge in [-0.05, 0) is 50.8 Å². The smallest absolute Gasteiger partial charge is 0.290 e. The summed E-state index contributed by atoms with van der Waals surface area (Å²) in [5.74, 6) is -1.65. The lowest BCUT2D eigenvalue weighted by atomic mass is 9.95. The largest absolute Gasteiger partial charge is 0.503 e. The van der Waals surface area contributed by atoms with Gasteiger partial charge >= 0.3 is 0 Å². The number of carbonyl (C=O) groups excluding carboxylic acids is 2. The van der Waals surface area contributed by atoms with Crippen molar-refractivity contribution in [3.63, 3.8) is 0 Å². The number of carbonyl (C=O) groups is 2. The Morgan fingerprint density at radius 1 is 1.06 bits per heavy atom. The summed E-state index contributed by atoms with van der Waals surface area (Å²) in [6.07, 6.45) is 2.98. The second-order valence-corrected chi connectivity index (χ2v) is 8.60. The first-order valence-electron chi connectivity index (χ1n) is 10.5. The molecule has 34 heavy (non-hydrogen) atoms. The van der Waals surface area contributed by atoms with Gasteiger partial charge < -0.3 is 19.8 Å². The molecule has 2 N–H and O–H groups in total. The average molecular weight is 520 g/mol. The zero-order valence-electron chi connectivity index (χ0n) is 18.3. The van der Waals surface area contributed by atoms with Crippen LogP contribution >= 0.6 is 15.9 Å². The van der Waals surface area contributed by atoms with Gasteiger partial charge in [0.2, 0.25) is 0 Å². The fraction of sp³-hybridized carbons (Fsp3) is 0.111. The van der Waals surface area contributed by atoms with Crippen molar-refractivity contribution in [2.75, 3.05) is 7.11 Å². The Labute approximate surface area is 205 Å². The zero-order chi connectivity index (χ0) is 24.2. The van der Waals surface area contributed by atoms with E-state index in [-0.39, 0.29) is 23.6 Å². The van der Waals surface area contributed by atoms with Crippen LogP contribution in [0.5, 0.6) is 11.5 Å². The summed E-state index contributed by atoms with van der Waals surface area (Å²) in [6.45, 7) is 0.175. The number of amides is 1. The zero-order valence-corrected chi connectivity index (χ0v) is 19.9. The van der Waals surface area contributed by atoms with Gasteiger partial charge in [0.15, 0.2) is 23.0 Å². The van der Waals surface area contributed by atoms with Gasteiger partial charge in [-0.15, -0.1) is 0 Å². The number of aromatic hydroxyl groups is 1. The molecule has 7 heteroatoms. The molecule has 1 aliphatic rings. The molecule has 1 heterocycles. The summed E-state index contributed by atoms with van der Waals surface area (Å²) in [7, 11) is 1.41. The third-order valence-corrected chi connectivity index (χ3v) is 6.18. The number of aliphatic hydroxyl groups is 1. The van der Waals surface area contributed by atoms with E-state index < -0.39 is 23.5 Å². The highest BCUT2D eigenvalue weighted by molar-refractivity contribution is 9.10. The molecule has 1 unspecified atom stereocenters. The van der Waals surface area contributed by atoms with E-state index in [2.05, 4.69) is 15.9 Å². The highest BCUT2D eigenvalue weighted by Gasteiger charge is 2.43. The first kappa shape index (κ1) is 23.3. The lowest BCUT2D eigenvalue weighted by Crippen LogP contribution is -2.30. The number of halogens is 1. The maximum atomic E-state index is 13.3. The van der Waals surface area contributed by atoms with Crippen molar-refractivity contribution < 1.29 is 24.5 Å². The van der Waals surface area contributed by atoms with Crippen molar-refractivity contribution in [1.29, 1.82) is 0 Å². The quantitative estimate of drug-likeness (QED) is 0.411. The van der Waals surface area contributed by atoms with E-state index in [1.807, 2.05) is 60.7 Å². The number of nitrogens with zero attached hydrogens (tertiary/aromatic N) is 1. The van der Waals surface area contributed by atoms with Crippen molar-refractivity contribution in [3.05, 3.63) is 111 Å². The molecule has 0 fully saturated rings. The van der Waals surface area contributed by atoms with Crippen LogP contribution < -0.4 is 4.74 Å².